The number of nitrogens with zero attached hydrogens (tertiary/aromatic N) is 6. The van der Waals surface area contributed by atoms with Crippen molar-refractivity contribution < 1.29 is 4.79 Å². The number of hydrogen-bond acceptors (Lipinski definition) is 5. The fourth-order valence-electron chi connectivity index (χ4n) is 4.35. The molecule has 2 aromatic heterocycles. The van der Waals surface area contributed by atoms with Crippen molar-refractivity contribution in [1.82, 2.24) is 29.8 Å². The van der Waals surface area contributed by atoms with Gasteiger partial charge in [-0.1, -0.05) is 24.3 Å². The Balaban J connectivity index is 1.26. The molecule has 0 radical (unpaired) electrons. The summed E-state index contributed by atoms with van der Waals surface area (Å²) in [4.78, 5) is 17.5. The van der Waals surface area contributed by atoms with Crippen LogP contribution in [-0.2, 0) is 12.8 Å². The Kier molecular flexibility index (Phi) is 4.09. The van der Waals surface area contributed by atoms with Crippen molar-refractivity contribution in [3.8, 4) is 0 Å². The summed E-state index contributed by atoms with van der Waals surface area (Å²) in [5, 5.41) is 11.4. The van der Waals surface area contributed by atoms with E-state index in [1.807, 2.05) is 11.0 Å². The largest absolute Gasteiger partial charge is 0.337 e. The van der Waals surface area contributed by atoms with Crippen molar-refractivity contribution in [2.24, 2.45) is 0 Å². The average Bonchev–Trinajstić information content (AvgIpc) is 3.27. The molecule has 7 heteroatoms. The Morgan fingerprint density at radius 2 is 1.78 bits per heavy atom. The summed E-state index contributed by atoms with van der Waals surface area (Å²) in [5.41, 5.74) is 4.25. The van der Waals surface area contributed by atoms with E-state index in [0.29, 0.717) is 17.3 Å². The van der Waals surface area contributed by atoms with Gasteiger partial charge in [-0.15, -0.1) is 5.10 Å². The highest BCUT2D eigenvalue weighted by atomic mass is 16.2. The molecule has 0 atom stereocenters. The number of hydrogen-bond donors (Lipinski definition) is 0. The van der Waals surface area contributed by atoms with E-state index in [4.69, 9.17) is 0 Å². The molecule has 3 aromatic rings. The lowest BCUT2D eigenvalue weighted by Crippen LogP contribution is -2.40. The summed E-state index contributed by atoms with van der Waals surface area (Å²) in [6, 6.07) is 12.9. The van der Waals surface area contributed by atoms with E-state index in [9.17, 15) is 4.79 Å². The lowest BCUT2D eigenvalue weighted by atomic mass is 10.1. The normalized spacial score (nSPS) is 18.6. The quantitative estimate of drug-likeness (QED) is 0.690. The predicted molar refractivity (Wildman–Crippen MR) is 101 cm³/mol. The Labute approximate surface area is 157 Å². The molecule has 138 valence electrons. The third-order valence-electron chi connectivity index (χ3n) is 5.80. The van der Waals surface area contributed by atoms with Gasteiger partial charge in [-0.05, 0) is 52.9 Å². The van der Waals surface area contributed by atoms with Crippen LogP contribution in [-0.4, -0.2) is 68.0 Å². The first-order valence-corrected chi connectivity index (χ1v) is 9.56. The van der Waals surface area contributed by atoms with Crippen molar-refractivity contribution in [3.63, 3.8) is 0 Å². The first-order valence-electron chi connectivity index (χ1n) is 9.56. The fourth-order valence-corrected chi connectivity index (χ4v) is 4.35. The minimum absolute atomic E-state index is 0.0592. The molecule has 0 unspecified atom stereocenters. The number of pyridine rings is 1. The van der Waals surface area contributed by atoms with Crippen LogP contribution in [0.3, 0.4) is 0 Å². The van der Waals surface area contributed by atoms with Crippen LogP contribution in [0.5, 0.6) is 0 Å². The second-order valence-electron chi connectivity index (χ2n) is 7.41. The summed E-state index contributed by atoms with van der Waals surface area (Å²) in [6.45, 7) is 3.54. The van der Waals surface area contributed by atoms with Gasteiger partial charge in [0, 0.05) is 38.4 Å². The number of rotatable bonds is 2. The van der Waals surface area contributed by atoms with E-state index < -0.39 is 0 Å². The number of benzene rings is 1. The first kappa shape index (κ1) is 16.4. The van der Waals surface area contributed by atoms with E-state index in [1.54, 1.807) is 16.8 Å². The van der Waals surface area contributed by atoms with E-state index in [0.717, 1.165) is 45.4 Å². The van der Waals surface area contributed by atoms with Crippen LogP contribution >= 0.6 is 0 Å². The van der Waals surface area contributed by atoms with Gasteiger partial charge in [-0.2, -0.15) is 4.52 Å². The second-order valence-corrected chi connectivity index (χ2v) is 7.41. The lowest BCUT2D eigenvalue weighted by molar-refractivity contribution is 0.0757. The van der Waals surface area contributed by atoms with Crippen LogP contribution in [0.2, 0.25) is 0 Å². The van der Waals surface area contributed by atoms with E-state index >= 15 is 0 Å². The topological polar surface area (TPSA) is 66.6 Å². The van der Waals surface area contributed by atoms with Gasteiger partial charge in [0.05, 0.1) is 5.56 Å². The maximum absolute atomic E-state index is 13.0. The van der Waals surface area contributed by atoms with Crippen LogP contribution in [0.15, 0.2) is 42.6 Å². The van der Waals surface area contributed by atoms with Gasteiger partial charge in [-0.25, -0.2) is 0 Å². The molecular formula is C20H22N6O. The van der Waals surface area contributed by atoms with Crippen molar-refractivity contribution in [2.75, 3.05) is 26.2 Å². The smallest absolute Gasteiger partial charge is 0.255 e. The third kappa shape index (κ3) is 3.08. The molecule has 7 nitrogen and oxygen atoms in total. The summed E-state index contributed by atoms with van der Waals surface area (Å²) in [5.74, 6) is 0.0592. The zero-order valence-corrected chi connectivity index (χ0v) is 15.2. The zero-order valence-electron chi connectivity index (χ0n) is 15.2. The number of fused-ring (bicyclic) bond motifs is 2. The molecule has 0 spiro atoms. The van der Waals surface area contributed by atoms with Crippen molar-refractivity contribution in [1.29, 1.82) is 0 Å². The van der Waals surface area contributed by atoms with Gasteiger partial charge in [0.15, 0.2) is 5.65 Å². The minimum Gasteiger partial charge on any atom is -0.337 e. The Morgan fingerprint density at radius 3 is 2.59 bits per heavy atom. The monoisotopic (exact) mass is 362 g/mol. The number of aromatic nitrogens is 4. The number of carbonyl (C=O) groups excluding carboxylic acids is 1. The molecule has 1 amide bonds. The van der Waals surface area contributed by atoms with E-state index in [2.05, 4.69) is 44.7 Å². The van der Waals surface area contributed by atoms with Crippen molar-refractivity contribution in [2.45, 2.75) is 25.3 Å². The van der Waals surface area contributed by atoms with Crippen LogP contribution in [0.4, 0.5) is 0 Å². The highest BCUT2D eigenvalue weighted by Crippen LogP contribution is 2.26. The van der Waals surface area contributed by atoms with Gasteiger partial charge in [-0.3, -0.25) is 9.69 Å². The molecule has 1 aromatic carbocycles. The SMILES string of the molecule is O=C(c1ccc2nnnn2c1)N1CCCN(C2Cc3ccccc3C2)CC1. The molecule has 0 N–H and O–H groups in total. The standard InChI is InChI=1S/C20H22N6O/c27-20(17-6-7-19-21-22-23-26(19)14-17)25-9-3-8-24(10-11-25)18-12-15-4-1-2-5-16(15)13-18/h1-2,4-7,14,18H,3,8-13H2. The number of tetrazole rings is 1. The molecule has 1 aliphatic carbocycles. The van der Waals surface area contributed by atoms with Crippen molar-refractivity contribution in [3.05, 3.63) is 59.3 Å². The molecule has 1 aliphatic heterocycles. The molecule has 1 fully saturated rings. The zero-order chi connectivity index (χ0) is 18.2. The van der Waals surface area contributed by atoms with Gasteiger partial charge in [0.1, 0.15) is 0 Å². The average molecular weight is 362 g/mol. The first-order chi connectivity index (χ1) is 13.3. The van der Waals surface area contributed by atoms with Crippen LogP contribution < -0.4 is 0 Å². The second kappa shape index (κ2) is 6.74. The molecule has 1 saturated heterocycles. The molecular weight excluding hydrogens is 340 g/mol. The van der Waals surface area contributed by atoms with Crippen LogP contribution in [0, 0.1) is 0 Å². The third-order valence-corrected chi connectivity index (χ3v) is 5.80. The van der Waals surface area contributed by atoms with E-state index in [-0.39, 0.29) is 5.91 Å². The highest BCUT2D eigenvalue weighted by Gasteiger charge is 2.29. The number of carbonyl (C=O) groups is 1. The van der Waals surface area contributed by atoms with Crippen molar-refractivity contribution >= 4 is 11.6 Å². The number of amides is 1. The molecule has 2 aliphatic rings. The van der Waals surface area contributed by atoms with Crippen LogP contribution in [0.1, 0.15) is 27.9 Å². The lowest BCUT2D eigenvalue weighted by Gasteiger charge is -2.27. The Bertz CT molecular complexity index is 958. The van der Waals surface area contributed by atoms with Gasteiger partial charge in [0.25, 0.3) is 5.91 Å². The Hall–Kier alpha value is -2.80. The summed E-state index contributed by atoms with van der Waals surface area (Å²) in [6.07, 6.45) is 4.97. The maximum atomic E-state index is 13.0. The van der Waals surface area contributed by atoms with Gasteiger partial charge < -0.3 is 4.90 Å². The Morgan fingerprint density at radius 1 is 0.963 bits per heavy atom. The molecule has 0 bridgehead atoms. The highest BCUT2D eigenvalue weighted by molar-refractivity contribution is 5.94. The molecule has 0 saturated carbocycles. The van der Waals surface area contributed by atoms with Gasteiger partial charge >= 0.3 is 0 Å². The summed E-state index contributed by atoms with van der Waals surface area (Å²) < 4.78 is 1.55. The van der Waals surface area contributed by atoms with Crippen LogP contribution in [0.25, 0.3) is 5.65 Å². The van der Waals surface area contributed by atoms with Gasteiger partial charge in [0.2, 0.25) is 0 Å². The minimum atomic E-state index is 0.0592. The maximum Gasteiger partial charge on any atom is 0.255 e. The predicted octanol–water partition coefficient (Wildman–Crippen LogP) is 1.44. The van der Waals surface area contributed by atoms with E-state index in [1.165, 1.54) is 11.1 Å². The molecule has 27 heavy (non-hydrogen) atoms. The molecule has 3 heterocycles. The molecule has 5 rings (SSSR count). The summed E-state index contributed by atoms with van der Waals surface area (Å²) >= 11 is 0. The fraction of sp³-hybridized carbons (Fsp3) is 0.400. The summed E-state index contributed by atoms with van der Waals surface area (Å²) in [7, 11) is 0.